The molecule has 12 nitrogen and oxygen atoms in total. The monoisotopic (exact) mass is 735 g/mol. The van der Waals surface area contributed by atoms with Crippen molar-refractivity contribution in [2.45, 2.75) is 167 Å². The Hall–Kier alpha value is -2.76. The lowest BCUT2D eigenvalue weighted by molar-refractivity contribution is -0.894. The molecule has 3 N–H and O–H groups in total. The fraction of sp³-hybridized carbons (Fsp3) is 0.868. The Balaban J connectivity index is 0.000000199. The number of quaternary nitrogens is 1. The molecule has 0 unspecified atom stereocenters. The van der Waals surface area contributed by atoms with Gasteiger partial charge in [0.2, 0.25) is 19.4 Å². The molecule has 4 heterocycles. The Morgan fingerprint density at radius 2 is 1.13 bits per heavy atom. The predicted molar refractivity (Wildman–Crippen MR) is 206 cm³/mol. The smallest absolute Gasteiger partial charge is 0.356 e. The van der Waals surface area contributed by atoms with Crippen molar-refractivity contribution in [1.82, 2.24) is 10.6 Å². The first-order chi connectivity index (χ1) is 25.3. The molecule has 0 aromatic carbocycles. The molecule has 2 aliphatic carbocycles. The molecule has 0 aromatic heterocycles. The third-order valence-electron chi connectivity index (χ3n) is 13.0. The van der Waals surface area contributed by atoms with Gasteiger partial charge in [0.1, 0.15) is 0 Å². The second kappa shape index (κ2) is 23.8. The van der Waals surface area contributed by atoms with E-state index in [9.17, 15) is 19.2 Å². The van der Waals surface area contributed by atoms with Gasteiger partial charge in [0.15, 0.2) is 0 Å². The van der Waals surface area contributed by atoms with E-state index in [0.717, 1.165) is 103 Å². The zero-order chi connectivity index (χ0) is 37.7. The van der Waals surface area contributed by atoms with E-state index in [0.29, 0.717) is 19.4 Å². The molecule has 2 saturated heterocycles. The second-order valence-electron chi connectivity index (χ2n) is 15.9. The molecule has 298 valence electrons. The summed E-state index contributed by atoms with van der Waals surface area (Å²) in [7, 11) is 0. The Morgan fingerprint density at radius 3 is 1.46 bits per heavy atom. The molecule has 4 fully saturated rings. The molecular weight excluding hydrogens is 662 g/mol. The summed E-state index contributed by atoms with van der Waals surface area (Å²) >= 11 is 0. The molecule has 2 bridgehead atoms. The number of hydrogen-bond donors (Lipinski definition) is 3. The van der Waals surface area contributed by atoms with Crippen LogP contribution >= 0.6 is 0 Å². The summed E-state index contributed by atoms with van der Waals surface area (Å²) in [4.78, 5) is 45.6. The largest absolute Gasteiger partial charge is 0.658 e. The number of carbonyl (C=O) groups excluding carboxylic acids is 4. The summed E-state index contributed by atoms with van der Waals surface area (Å²) in [6.07, 6.45) is 20.0. The molecule has 6 rings (SSSR count). The first-order valence-electron chi connectivity index (χ1n) is 21.1. The van der Waals surface area contributed by atoms with Crippen molar-refractivity contribution >= 4 is 44.4 Å². The number of rotatable bonds is 12. The standard InChI is InChI=1S/C14H24BO4.C11H18BO4.C7H13N3.C6H15N/c16-11-18-15(19-12-17,13-7-3-1-4-8-13)14-9-5-2-6-10-14;1-9(14)16-12(15-8-13)10-4-2-5-11(12)7-3-6-10;1-3-8-7-9-4-2-6-10(7)5-1;1-4-7(5-2)6-3/h11-14H,1-10H2;8,10-11H,2-7H2,1H3;1-6H2,(H,8,9);4-6H2,1-3H3/q2*-1;;/p+2. The van der Waals surface area contributed by atoms with Gasteiger partial charge in [0.05, 0.1) is 45.8 Å². The van der Waals surface area contributed by atoms with Gasteiger partial charge in [-0.3, -0.25) is 34.4 Å². The molecule has 2 saturated carbocycles. The zero-order valence-corrected chi connectivity index (χ0v) is 33.1. The average molecular weight is 735 g/mol. The Bertz CT molecular complexity index is 1010. The first-order valence-corrected chi connectivity index (χ1v) is 21.1. The van der Waals surface area contributed by atoms with E-state index in [4.69, 9.17) is 18.6 Å². The topological polar surface area (TPSA) is 137 Å². The van der Waals surface area contributed by atoms with Crippen molar-refractivity contribution in [2.75, 3.05) is 45.8 Å². The summed E-state index contributed by atoms with van der Waals surface area (Å²) in [5.41, 5.74) is 0. The molecule has 52 heavy (non-hydrogen) atoms. The number of guanidine groups is 1. The summed E-state index contributed by atoms with van der Waals surface area (Å²) in [6, 6.07) is 0. The highest BCUT2D eigenvalue weighted by Gasteiger charge is 2.50. The van der Waals surface area contributed by atoms with Crippen LogP contribution in [0.4, 0.5) is 0 Å². The lowest BCUT2D eigenvalue weighted by atomic mass is 9.31. The fourth-order valence-electron chi connectivity index (χ4n) is 10.2. The number of fused-ring (bicyclic) bond motifs is 2. The third-order valence-corrected chi connectivity index (χ3v) is 13.0. The molecule has 14 heteroatoms. The minimum absolute atomic E-state index is 0.229. The normalized spacial score (nSPS) is 26.0. The highest BCUT2D eigenvalue weighted by molar-refractivity contribution is 6.73. The van der Waals surface area contributed by atoms with E-state index >= 15 is 0 Å². The van der Waals surface area contributed by atoms with Crippen molar-refractivity contribution in [3.63, 3.8) is 0 Å². The zero-order valence-electron chi connectivity index (χ0n) is 33.1. The summed E-state index contributed by atoms with van der Waals surface area (Å²) in [6.45, 7) is 14.6. The number of nitrogens with one attached hydrogen (secondary N) is 3. The van der Waals surface area contributed by atoms with Crippen LogP contribution in [0, 0.1) is 0 Å². The van der Waals surface area contributed by atoms with Crippen LogP contribution in [0.25, 0.3) is 0 Å². The predicted octanol–water partition coefficient (Wildman–Crippen LogP) is 4.99. The van der Waals surface area contributed by atoms with Gasteiger partial charge in [0.25, 0.3) is 5.97 Å². The van der Waals surface area contributed by atoms with Crippen molar-refractivity contribution in [2.24, 2.45) is 0 Å². The van der Waals surface area contributed by atoms with Gasteiger partial charge in [-0.05, 0) is 20.8 Å². The van der Waals surface area contributed by atoms with Crippen molar-refractivity contribution in [1.29, 1.82) is 0 Å². The average Bonchev–Trinajstić information content (AvgIpc) is 3.17. The van der Waals surface area contributed by atoms with Crippen LogP contribution in [-0.4, -0.2) is 94.8 Å². The molecular formula is C38H72B2N4O8. The summed E-state index contributed by atoms with van der Waals surface area (Å²) in [5, 5.41) is 6.70. The Kier molecular flexibility index (Phi) is 20.0. The third kappa shape index (κ3) is 12.4. The highest BCUT2D eigenvalue weighted by Crippen LogP contribution is 2.54. The van der Waals surface area contributed by atoms with Gasteiger partial charge in [-0.1, -0.05) is 126 Å². The lowest BCUT2D eigenvalue weighted by Crippen LogP contribution is -3.11. The van der Waals surface area contributed by atoms with E-state index in [1.807, 2.05) is 0 Å². The van der Waals surface area contributed by atoms with E-state index in [2.05, 4.69) is 36.0 Å². The minimum Gasteiger partial charge on any atom is -0.658 e. The minimum atomic E-state index is -1.78. The van der Waals surface area contributed by atoms with Crippen LogP contribution < -0.4 is 15.5 Å². The first kappa shape index (κ1) is 43.6. The van der Waals surface area contributed by atoms with Crippen molar-refractivity contribution in [3.8, 4) is 0 Å². The van der Waals surface area contributed by atoms with Crippen molar-refractivity contribution in [3.05, 3.63) is 0 Å². The highest BCUT2D eigenvalue weighted by atomic mass is 16.6. The van der Waals surface area contributed by atoms with Crippen molar-refractivity contribution < 1.29 is 47.3 Å². The second-order valence-corrected chi connectivity index (χ2v) is 15.9. The fourth-order valence-corrected chi connectivity index (χ4v) is 10.2. The van der Waals surface area contributed by atoms with Gasteiger partial charge >= 0.3 is 19.1 Å². The van der Waals surface area contributed by atoms with Gasteiger partial charge in [-0.15, -0.1) is 0 Å². The van der Waals surface area contributed by atoms with Gasteiger partial charge < -0.3 is 23.5 Å². The number of nitrogens with zero attached hydrogens (tertiary/aromatic N) is 1. The van der Waals surface area contributed by atoms with E-state index in [1.165, 1.54) is 71.3 Å². The van der Waals surface area contributed by atoms with Crippen LogP contribution in [0.1, 0.15) is 143 Å². The van der Waals surface area contributed by atoms with E-state index in [1.54, 1.807) is 4.90 Å². The molecule has 0 aromatic rings. The number of carbonyl (C=O) groups is 4. The molecule has 0 amide bonds. The van der Waals surface area contributed by atoms with Gasteiger partial charge in [0, 0.05) is 19.8 Å². The molecule has 6 aliphatic rings. The Morgan fingerprint density at radius 1 is 0.692 bits per heavy atom. The quantitative estimate of drug-likeness (QED) is 0.143. The van der Waals surface area contributed by atoms with Gasteiger partial charge in [-0.2, -0.15) is 0 Å². The Labute approximate surface area is 314 Å². The maximum absolute atomic E-state index is 11.2. The maximum Gasteiger partial charge on any atom is 0.356 e. The molecule has 0 spiro atoms. The van der Waals surface area contributed by atoms with Crippen LogP contribution in [0.2, 0.25) is 23.3 Å². The van der Waals surface area contributed by atoms with Crippen LogP contribution in [-0.2, 0) is 37.8 Å². The van der Waals surface area contributed by atoms with E-state index in [-0.39, 0.29) is 29.2 Å². The molecule has 0 radical (unpaired) electrons. The SMILES string of the molecule is C1CNC2=[N+](C1)CCCN2.CC(=O)O[B-]1(OC=O)C2CCCC1CCC2.CC[NH+](CC)CC.O=CO[B-](OC=O)(C1CCCCC1)C1CCCCC1. The molecule has 0 atom stereocenters. The van der Waals surface area contributed by atoms with Crippen LogP contribution in [0.3, 0.4) is 0 Å². The van der Waals surface area contributed by atoms with E-state index < -0.39 is 13.1 Å². The van der Waals surface area contributed by atoms with Gasteiger partial charge in [-0.25, -0.2) is 0 Å². The lowest BCUT2D eigenvalue weighted by Gasteiger charge is -2.56. The summed E-state index contributed by atoms with van der Waals surface area (Å²) in [5.74, 6) is 1.89. The number of hydrogen-bond acceptors (Lipinski definition) is 10. The molecule has 4 aliphatic heterocycles. The van der Waals surface area contributed by atoms with Crippen LogP contribution in [0.5, 0.6) is 0 Å². The summed E-state index contributed by atoms with van der Waals surface area (Å²) < 4.78 is 24.1. The maximum atomic E-state index is 11.2. The van der Waals surface area contributed by atoms with Crippen LogP contribution in [0.15, 0.2) is 0 Å².